The number of ether oxygens (including phenoxy) is 1. The summed E-state index contributed by atoms with van der Waals surface area (Å²) in [6.07, 6.45) is 4.73. The number of nitrogens with one attached hydrogen (secondary N) is 2. The molecular weight excluding hydrogens is 312 g/mol. The lowest BCUT2D eigenvalue weighted by Crippen LogP contribution is -2.56. The Labute approximate surface area is 144 Å². The SMILES string of the molecule is C[C@H]1OCCN[C@@H]1C(=O)NCC1(c2ccccc2)CCCC1.Cl. The summed E-state index contributed by atoms with van der Waals surface area (Å²) < 4.78 is 5.57. The van der Waals surface area contributed by atoms with Crippen LogP contribution in [0.5, 0.6) is 0 Å². The Hall–Kier alpha value is -1.10. The Morgan fingerprint density at radius 2 is 2.00 bits per heavy atom. The van der Waals surface area contributed by atoms with Crippen molar-refractivity contribution in [3.63, 3.8) is 0 Å². The van der Waals surface area contributed by atoms with E-state index in [0.717, 1.165) is 25.9 Å². The highest BCUT2D eigenvalue weighted by molar-refractivity contribution is 5.85. The lowest BCUT2D eigenvalue weighted by atomic mass is 9.79. The number of halogens is 1. The molecule has 128 valence electrons. The lowest BCUT2D eigenvalue weighted by molar-refractivity contribution is -0.129. The fourth-order valence-electron chi connectivity index (χ4n) is 3.80. The van der Waals surface area contributed by atoms with Crippen LogP contribution in [0.25, 0.3) is 0 Å². The molecule has 1 aromatic rings. The summed E-state index contributed by atoms with van der Waals surface area (Å²) in [6.45, 7) is 4.10. The molecule has 2 atom stereocenters. The second kappa shape index (κ2) is 8.13. The minimum Gasteiger partial charge on any atom is -0.375 e. The predicted molar refractivity (Wildman–Crippen MR) is 94.1 cm³/mol. The van der Waals surface area contributed by atoms with Crippen LogP contribution in [0.3, 0.4) is 0 Å². The average molecular weight is 339 g/mol. The van der Waals surface area contributed by atoms with Crippen molar-refractivity contribution in [2.45, 2.75) is 50.2 Å². The average Bonchev–Trinajstić information content (AvgIpc) is 3.04. The van der Waals surface area contributed by atoms with Gasteiger partial charge >= 0.3 is 0 Å². The smallest absolute Gasteiger partial charge is 0.239 e. The van der Waals surface area contributed by atoms with Crippen LogP contribution in [0.4, 0.5) is 0 Å². The Morgan fingerprint density at radius 1 is 1.30 bits per heavy atom. The van der Waals surface area contributed by atoms with Crippen LogP contribution in [0.15, 0.2) is 30.3 Å². The highest BCUT2D eigenvalue weighted by atomic mass is 35.5. The van der Waals surface area contributed by atoms with Crippen LogP contribution in [0, 0.1) is 0 Å². The van der Waals surface area contributed by atoms with Gasteiger partial charge in [0.05, 0.1) is 12.7 Å². The Bertz CT molecular complexity index is 503. The molecule has 1 aliphatic carbocycles. The quantitative estimate of drug-likeness (QED) is 0.886. The maximum absolute atomic E-state index is 12.5. The number of hydrogen-bond acceptors (Lipinski definition) is 3. The number of rotatable bonds is 4. The Morgan fingerprint density at radius 3 is 2.65 bits per heavy atom. The minimum atomic E-state index is -0.233. The zero-order valence-corrected chi connectivity index (χ0v) is 14.5. The lowest BCUT2D eigenvalue weighted by Gasteiger charge is -2.33. The monoisotopic (exact) mass is 338 g/mol. The molecule has 0 aromatic heterocycles. The minimum absolute atomic E-state index is 0. The molecule has 2 N–H and O–H groups in total. The predicted octanol–water partition coefficient (Wildman–Crippen LogP) is 2.41. The molecule has 5 heteroatoms. The molecule has 1 saturated carbocycles. The van der Waals surface area contributed by atoms with E-state index in [1.807, 2.05) is 6.92 Å². The highest BCUT2D eigenvalue weighted by Crippen LogP contribution is 2.40. The number of carbonyl (C=O) groups excluding carboxylic acids is 1. The van der Waals surface area contributed by atoms with Gasteiger partial charge in [0.2, 0.25) is 5.91 Å². The van der Waals surface area contributed by atoms with Crippen molar-refractivity contribution in [3.05, 3.63) is 35.9 Å². The summed E-state index contributed by atoms with van der Waals surface area (Å²) in [5.74, 6) is 0.0643. The fourth-order valence-corrected chi connectivity index (χ4v) is 3.80. The maximum Gasteiger partial charge on any atom is 0.239 e. The van der Waals surface area contributed by atoms with E-state index in [1.165, 1.54) is 18.4 Å². The van der Waals surface area contributed by atoms with Crippen LogP contribution in [-0.4, -0.2) is 37.7 Å². The Kier molecular flexibility index (Phi) is 6.45. The molecule has 3 rings (SSSR count). The molecule has 2 aliphatic rings. The largest absolute Gasteiger partial charge is 0.375 e. The van der Waals surface area contributed by atoms with Gasteiger partial charge in [-0.1, -0.05) is 43.2 Å². The second-order valence-corrected chi connectivity index (χ2v) is 6.58. The highest BCUT2D eigenvalue weighted by Gasteiger charge is 2.37. The summed E-state index contributed by atoms with van der Waals surface area (Å²) in [7, 11) is 0. The molecule has 0 unspecified atom stereocenters. The van der Waals surface area contributed by atoms with Gasteiger partial charge in [-0.3, -0.25) is 4.79 Å². The van der Waals surface area contributed by atoms with Crippen LogP contribution < -0.4 is 10.6 Å². The molecule has 1 aromatic carbocycles. The summed E-state index contributed by atoms with van der Waals surface area (Å²) in [6, 6.07) is 10.4. The number of amides is 1. The van der Waals surface area contributed by atoms with E-state index in [-0.39, 0.29) is 35.9 Å². The van der Waals surface area contributed by atoms with Gasteiger partial charge in [-0.25, -0.2) is 0 Å². The van der Waals surface area contributed by atoms with Crippen molar-refractivity contribution in [2.24, 2.45) is 0 Å². The van der Waals surface area contributed by atoms with Crippen molar-refractivity contribution in [2.75, 3.05) is 19.7 Å². The van der Waals surface area contributed by atoms with E-state index in [0.29, 0.717) is 6.61 Å². The first kappa shape index (κ1) is 18.2. The first-order valence-electron chi connectivity index (χ1n) is 8.39. The summed E-state index contributed by atoms with van der Waals surface area (Å²) in [5, 5.41) is 6.44. The molecule has 4 nitrogen and oxygen atoms in total. The van der Waals surface area contributed by atoms with Crippen LogP contribution in [0.2, 0.25) is 0 Å². The molecular formula is C18H27ClN2O2. The van der Waals surface area contributed by atoms with Gasteiger partial charge in [0.25, 0.3) is 0 Å². The van der Waals surface area contributed by atoms with E-state index < -0.39 is 0 Å². The van der Waals surface area contributed by atoms with Crippen molar-refractivity contribution < 1.29 is 9.53 Å². The molecule has 23 heavy (non-hydrogen) atoms. The van der Waals surface area contributed by atoms with E-state index in [2.05, 4.69) is 41.0 Å². The topological polar surface area (TPSA) is 50.4 Å². The number of carbonyl (C=O) groups is 1. The van der Waals surface area contributed by atoms with E-state index in [4.69, 9.17) is 4.74 Å². The zero-order valence-electron chi connectivity index (χ0n) is 13.7. The number of morpholine rings is 1. The third kappa shape index (κ3) is 4.06. The van der Waals surface area contributed by atoms with Crippen molar-refractivity contribution in [1.29, 1.82) is 0 Å². The van der Waals surface area contributed by atoms with Crippen molar-refractivity contribution >= 4 is 18.3 Å². The van der Waals surface area contributed by atoms with Gasteiger partial charge < -0.3 is 15.4 Å². The van der Waals surface area contributed by atoms with Crippen LogP contribution in [0.1, 0.15) is 38.2 Å². The second-order valence-electron chi connectivity index (χ2n) is 6.58. The molecule has 1 saturated heterocycles. The third-order valence-corrected chi connectivity index (χ3v) is 5.15. The fraction of sp³-hybridized carbons (Fsp3) is 0.611. The van der Waals surface area contributed by atoms with Gasteiger partial charge in [0.1, 0.15) is 6.04 Å². The molecule has 0 radical (unpaired) electrons. The van der Waals surface area contributed by atoms with Crippen molar-refractivity contribution in [1.82, 2.24) is 10.6 Å². The van der Waals surface area contributed by atoms with Gasteiger partial charge in [0.15, 0.2) is 0 Å². The molecule has 0 bridgehead atoms. The van der Waals surface area contributed by atoms with E-state index >= 15 is 0 Å². The maximum atomic E-state index is 12.5. The van der Waals surface area contributed by atoms with Gasteiger partial charge in [-0.15, -0.1) is 12.4 Å². The summed E-state index contributed by atoms with van der Waals surface area (Å²) in [5.41, 5.74) is 1.46. The first-order valence-corrected chi connectivity index (χ1v) is 8.39. The molecule has 2 fully saturated rings. The molecule has 1 aliphatic heterocycles. The van der Waals surface area contributed by atoms with Gasteiger partial charge in [0, 0.05) is 18.5 Å². The van der Waals surface area contributed by atoms with Gasteiger partial charge in [-0.05, 0) is 25.3 Å². The van der Waals surface area contributed by atoms with Crippen LogP contribution in [-0.2, 0) is 14.9 Å². The van der Waals surface area contributed by atoms with E-state index in [9.17, 15) is 4.79 Å². The third-order valence-electron chi connectivity index (χ3n) is 5.15. The number of hydrogen-bond donors (Lipinski definition) is 2. The normalized spacial score (nSPS) is 26.3. The van der Waals surface area contributed by atoms with E-state index in [1.54, 1.807) is 0 Å². The molecule has 0 spiro atoms. The first-order chi connectivity index (χ1) is 10.7. The zero-order chi connectivity index (χ0) is 15.4. The summed E-state index contributed by atoms with van der Waals surface area (Å²) >= 11 is 0. The number of benzene rings is 1. The standard InChI is InChI=1S/C18H26N2O2.ClH/c1-14-16(19-11-12-22-14)17(21)20-13-18(9-5-6-10-18)15-7-3-2-4-8-15;/h2-4,7-8,14,16,19H,5-6,9-13H2,1H3,(H,20,21);1H/t14-,16+;/m1./s1. The summed E-state index contributed by atoms with van der Waals surface area (Å²) in [4.78, 5) is 12.5. The van der Waals surface area contributed by atoms with Crippen molar-refractivity contribution in [3.8, 4) is 0 Å². The molecule has 1 amide bonds. The van der Waals surface area contributed by atoms with Crippen LogP contribution >= 0.6 is 12.4 Å². The molecule has 1 heterocycles. The van der Waals surface area contributed by atoms with Gasteiger partial charge in [-0.2, -0.15) is 0 Å². The Balaban J connectivity index is 0.00000192.